The largest absolute Gasteiger partial charge is 0.419 e. The van der Waals surface area contributed by atoms with Crippen LogP contribution in [0.15, 0.2) is 54.9 Å². The molecule has 0 unspecified atom stereocenters. The number of alkyl halides is 6. The van der Waals surface area contributed by atoms with Crippen LogP contribution in [0.1, 0.15) is 46.8 Å². The van der Waals surface area contributed by atoms with Gasteiger partial charge < -0.3 is 9.47 Å². The molecule has 4 rings (SSSR count). The zero-order valence-corrected chi connectivity index (χ0v) is 18.9. The molecule has 0 spiro atoms. The Labute approximate surface area is 202 Å². The van der Waals surface area contributed by atoms with Crippen molar-refractivity contribution < 1.29 is 35.5 Å². The van der Waals surface area contributed by atoms with Gasteiger partial charge in [-0.3, -0.25) is 4.79 Å². The fourth-order valence-electron chi connectivity index (χ4n) is 4.50. The SMILES string of the molecule is O=C(Cc1ccc(C(F)(F)F)c(F)c1)N1CCC(c2nccn2Cc2ccccc2C(F)(F)F)CC1. The summed E-state index contributed by atoms with van der Waals surface area (Å²) in [5, 5.41) is 0. The molecule has 1 fully saturated rings. The number of rotatable bonds is 5. The van der Waals surface area contributed by atoms with Crippen LogP contribution in [-0.4, -0.2) is 33.4 Å². The van der Waals surface area contributed by atoms with Crippen molar-refractivity contribution in [1.82, 2.24) is 14.5 Å². The molecule has 0 radical (unpaired) electrons. The summed E-state index contributed by atoms with van der Waals surface area (Å²) < 4.78 is 93.8. The highest BCUT2D eigenvalue weighted by atomic mass is 19.4. The molecule has 1 amide bonds. The number of imidazole rings is 1. The topological polar surface area (TPSA) is 38.1 Å². The fraction of sp³-hybridized carbons (Fsp3) is 0.360. The predicted octanol–water partition coefficient (Wildman–Crippen LogP) is 6.06. The molecular weight excluding hydrogens is 491 g/mol. The maximum atomic E-state index is 13.8. The van der Waals surface area contributed by atoms with Crippen molar-refractivity contribution in [3.63, 3.8) is 0 Å². The van der Waals surface area contributed by atoms with E-state index in [1.54, 1.807) is 21.7 Å². The van der Waals surface area contributed by atoms with Gasteiger partial charge in [-0.1, -0.05) is 24.3 Å². The molecule has 0 saturated carbocycles. The van der Waals surface area contributed by atoms with Gasteiger partial charge in [-0.25, -0.2) is 9.37 Å². The molecule has 0 N–H and O–H groups in total. The van der Waals surface area contributed by atoms with E-state index >= 15 is 0 Å². The standard InChI is InChI=1S/C25H22F7N3O/c26-21-13-16(5-6-20(21)25(30,31)32)14-22(36)34-10-7-17(8-11-34)23-33-9-12-35(23)15-18-3-1-2-4-19(18)24(27,28)29/h1-6,9,12-13,17H,7-8,10-11,14-15H2. The second-order valence-electron chi connectivity index (χ2n) is 8.71. The molecule has 11 heteroatoms. The van der Waals surface area contributed by atoms with E-state index in [1.165, 1.54) is 18.3 Å². The summed E-state index contributed by atoms with van der Waals surface area (Å²) in [6.45, 7) is 0.695. The molecule has 1 aliphatic heterocycles. The van der Waals surface area contributed by atoms with Gasteiger partial charge in [-0.05, 0) is 42.2 Å². The second kappa shape index (κ2) is 9.94. The minimum Gasteiger partial charge on any atom is -0.342 e. The lowest BCUT2D eigenvalue weighted by Gasteiger charge is -2.32. The van der Waals surface area contributed by atoms with Gasteiger partial charge >= 0.3 is 12.4 Å². The summed E-state index contributed by atoms with van der Waals surface area (Å²) in [5.74, 6) is -1.21. The molecule has 0 bridgehead atoms. The van der Waals surface area contributed by atoms with Gasteiger partial charge in [0, 0.05) is 37.9 Å². The van der Waals surface area contributed by atoms with Crippen molar-refractivity contribution in [3.8, 4) is 0 Å². The van der Waals surface area contributed by atoms with Crippen LogP contribution < -0.4 is 0 Å². The van der Waals surface area contributed by atoms with E-state index in [0.717, 1.165) is 18.2 Å². The minimum atomic E-state index is -4.81. The van der Waals surface area contributed by atoms with Crippen LogP contribution >= 0.6 is 0 Å². The first kappa shape index (κ1) is 25.7. The first-order valence-corrected chi connectivity index (χ1v) is 11.2. The first-order valence-electron chi connectivity index (χ1n) is 11.2. The Bertz CT molecular complexity index is 1220. The molecule has 3 aromatic rings. The average molecular weight is 513 g/mol. The van der Waals surface area contributed by atoms with Crippen molar-refractivity contribution in [1.29, 1.82) is 0 Å². The number of hydrogen-bond acceptors (Lipinski definition) is 2. The molecule has 192 valence electrons. The Kier molecular flexibility index (Phi) is 7.10. The zero-order valence-electron chi connectivity index (χ0n) is 18.9. The van der Waals surface area contributed by atoms with Gasteiger partial charge in [0.2, 0.25) is 5.91 Å². The lowest BCUT2D eigenvalue weighted by molar-refractivity contribution is -0.140. The summed E-state index contributed by atoms with van der Waals surface area (Å²) in [7, 11) is 0. The first-order chi connectivity index (χ1) is 16.9. The monoisotopic (exact) mass is 513 g/mol. The van der Waals surface area contributed by atoms with E-state index in [4.69, 9.17) is 0 Å². The summed E-state index contributed by atoms with van der Waals surface area (Å²) in [6, 6.07) is 7.80. The van der Waals surface area contributed by atoms with Crippen molar-refractivity contribution in [2.75, 3.05) is 13.1 Å². The van der Waals surface area contributed by atoms with Gasteiger partial charge in [0.1, 0.15) is 11.6 Å². The molecule has 4 nitrogen and oxygen atoms in total. The highest BCUT2D eigenvalue weighted by molar-refractivity contribution is 5.79. The third-order valence-electron chi connectivity index (χ3n) is 6.32. The summed E-state index contributed by atoms with van der Waals surface area (Å²) in [5.41, 5.74) is -1.82. The lowest BCUT2D eigenvalue weighted by Crippen LogP contribution is -2.39. The average Bonchev–Trinajstić information content (AvgIpc) is 3.26. The van der Waals surface area contributed by atoms with Crippen LogP contribution in [0.4, 0.5) is 30.7 Å². The number of piperidine rings is 1. The molecule has 1 saturated heterocycles. The van der Waals surface area contributed by atoms with Crippen LogP contribution in [0, 0.1) is 5.82 Å². The zero-order chi connectivity index (χ0) is 26.1. The Hall–Kier alpha value is -3.37. The van der Waals surface area contributed by atoms with Crippen LogP contribution in [0.2, 0.25) is 0 Å². The van der Waals surface area contributed by atoms with Gasteiger partial charge in [0.15, 0.2) is 0 Å². The van der Waals surface area contributed by atoms with Crippen LogP contribution in [-0.2, 0) is 30.1 Å². The number of halogens is 7. The number of nitrogens with zero attached hydrogens (tertiary/aromatic N) is 3. The molecule has 0 aliphatic carbocycles. The van der Waals surface area contributed by atoms with Crippen molar-refractivity contribution in [2.24, 2.45) is 0 Å². The Balaban J connectivity index is 1.39. The number of benzene rings is 2. The van der Waals surface area contributed by atoms with E-state index in [-0.39, 0.29) is 35.9 Å². The number of hydrogen-bond donors (Lipinski definition) is 0. The van der Waals surface area contributed by atoms with Crippen molar-refractivity contribution in [2.45, 2.75) is 44.1 Å². The highest BCUT2D eigenvalue weighted by Gasteiger charge is 2.35. The number of carbonyl (C=O) groups excluding carboxylic acids is 1. The van der Waals surface area contributed by atoms with Crippen molar-refractivity contribution in [3.05, 3.63) is 88.8 Å². The minimum absolute atomic E-state index is 0.00362. The second-order valence-corrected chi connectivity index (χ2v) is 8.71. The van der Waals surface area contributed by atoms with Gasteiger partial charge in [0.05, 0.1) is 17.5 Å². The van der Waals surface area contributed by atoms with Gasteiger partial charge in [0.25, 0.3) is 0 Å². The Morgan fingerprint density at radius 1 is 0.944 bits per heavy atom. The summed E-state index contributed by atoms with van der Waals surface area (Å²) in [4.78, 5) is 18.5. The van der Waals surface area contributed by atoms with E-state index in [2.05, 4.69) is 4.98 Å². The molecule has 0 atom stereocenters. The Morgan fingerprint density at radius 2 is 1.61 bits per heavy atom. The van der Waals surface area contributed by atoms with Crippen LogP contribution in [0.5, 0.6) is 0 Å². The quantitative estimate of drug-likeness (QED) is 0.390. The lowest BCUT2D eigenvalue weighted by atomic mass is 9.95. The van der Waals surface area contributed by atoms with E-state index < -0.39 is 29.3 Å². The van der Waals surface area contributed by atoms with E-state index in [1.807, 2.05) is 0 Å². The summed E-state index contributed by atoms with van der Waals surface area (Å²) >= 11 is 0. The normalized spacial score (nSPS) is 15.4. The smallest absolute Gasteiger partial charge is 0.342 e. The predicted molar refractivity (Wildman–Crippen MR) is 116 cm³/mol. The van der Waals surface area contributed by atoms with Gasteiger partial charge in [-0.2, -0.15) is 26.3 Å². The number of amides is 1. The maximum Gasteiger partial charge on any atom is 0.419 e. The molecule has 36 heavy (non-hydrogen) atoms. The van der Waals surface area contributed by atoms with Crippen LogP contribution in [0.25, 0.3) is 0 Å². The van der Waals surface area contributed by atoms with E-state index in [9.17, 15) is 35.5 Å². The third kappa shape index (κ3) is 5.71. The number of likely N-dealkylation sites (tertiary alicyclic amines) is 1. The van der Waals surface area contributed by atoms with Crippen LogP contribution in [0.3, 0.4) is 0 Å². The number of carbonyl (C=O) groups is 1. The fourth-order valence-corrected chi connectivity index (χ4v) is 4.50. The third-order valence-corrected chi connectivity index (χ3v) is 6.32. The van der Waals surface area contributed by atoms with Crippen molar-refractivity contribution >= 4 is 5.91 Å². The summed E-state index contributed by atoms with van der Waals surface area (Å²) in [6.07, 6.45) is -5.33. The number of aromatic nitrogens is 2. The highest BCUT2D eigenvalue weighted by Crippen LogP contribution is 2.34. The maximum absolute atomic E-state index is 13.8. The molecule has 1 aromatic heterocycles. The molecular formula is C25H22F7N3O. The van der Waals surface area contributed by atoms with E-state index in [0.29, 0.717) is 37.8 Å². The Morgan fingerprint density at radius 3 is 2.25 bits per heavy atom. The molecule has 2 heterocycles. The molecule has 1 aliphatic rings. The van der Waals surface area contributed by atoms with Gasteiger partial charge in [-0.15, -0.1) is 0 Å². The molecule has 2 aromatic carbocycles.